The highest BCUT2D eigenvalue weighted by Crippen LogP contribution is 2.15. The number of rotatable bonds is 6. The molecule has 0 saturated heterocycles. The van der Waals surface area contributed by atoms with Gasteiger partial charge >= 0.3 is 5.69 Å². The van der Waals surface area contributed by atoms with Gasteiger partial charge in [0.15, 0.2) is 5.65 Å². The van der Waals surface area contributed by atoms with Crippen molar-refractivity contribution in [3.63, 3.8) is 0 Å². The van der Waals surface area contributed by atoms with Gasteiger partial charge in [0, 0.05) is 13.1 Å². The van der Waals surface area contributed by atoms with Crippen LogP contribution in [0.3, 0.4) is 0 Å². The quantitative estimate of drug-likeness (QED) is 0.681. The van der Waals surface area contributed by atoms with Crippen LogP contribution in [0.15, 0.2) is 46.5 Å². The van der Waals surface area contributed by atoms with Crippen molar-refractivity contribution >= 4 is 21.2 Å². The van der Waals surface area contributed by atoms with Crippen LogP contribution in [-0.2, 0) is 23.0 Å². The summed E-state index contributed by atoms with van der Waals surface area (Å²) in [5.74, 6) is 0. The van der Waals surface area contributed by atoms with Crippen molar-refractivity contribution in [2.75, 3.05) is 6.54 Å². The second kappa shape index (κ2) is 6.54. The maximum atomic E-state index is 12.5. The fourth-order valence-electron chi connectivity index (χ4n) is 2.54. The molecule has 2 aromatic heterocycles. The van der Waals surface area contributed by atoms with Gasteiger partial charge in [-0.3, -0.25) is 4.57 Å². The SMILES string of the molecule is CCc1ccccc1S(=O)(=O)NCCn1c(=O)[nH]c2cncnc21. The van der Waals surface area contributed by atoms with Gasteiger partial charge in [-0.25, -0.2) is 27.9 Å². The molecule has 9 heteroatoms. The van der Waals surface area contributed by atoms with E-state index >= 15 is 0 Å². The lowest BCUT2D eigenvalue weighted by Crippen LogP contribution is -2.30. The molecule has 0 spiro atoms. The molecular formula is C15H17N5O3S. The number of hydrogen-bond acceptors (Lipinski definition) is 5. The Balaban J connectivity index is 1.78. The van der Waals surface area contributed by atoms with Crippen LogP contribution in [0.4, 0.5) is 0 Å². The van der Waals surface area contributed by atoms with Crippen LogP contribution in [0.5, 0.6) is 0 Å². The third-order valence-corrected chi connectivity index (χ3v) is 5.27. The second-order valence-electron chi connectivity index (χ2n) is 5.20. The molecule has 0 fully saturated rings. The minimum atomic E-state index is -3.63. The molecule has 0 saturated carbocycles. The Morgan fingerprint density at radius 1 is 1.29 bits per heavy atom. The molecule has 2 heterocycles. The van der Waals surface area contributed by atoms with Crippen molar-refractivity contribution in [3.05, 3.63) is 52.8 Å². The summed E-state index contributed by atoms with van der Waals surface area (Å²) < 4.78 is 28.8. The summed E-state index contributed by atoms with van der Waals surface area (Å²) in [7, 11) is -3.63. The summed E-state index contributed by atoms with van der Waals surface area (Å²) in [6, 6.07) is 6.86. The molecule has 3 aromatic rings. The van der Waals surface area contributed by atoms with E-state index in [1.807, 2.05) is 13.0 Å². The van der Waals surface area contributed by atoms with Gasteiger partial charge in [-0.05, 0) is 18.1 Å². The van der Waals surface area contributed by atoms with E-state index < -0.39 is 10.0 Å². The lowest BCUT2D eigenvalue weighted by atomic mass is 10.2. The van der Waals surface area contributed by atoms with Crippen molar-refractivity contribution in [3.8, 4) is 0 Å². The first kappa shape index (κ1) is 16.3. The number of nitrogens with zero attached hydrogens (tertiary/aromatic N) is 3. The number of benzene rings is 1. The summed E-state index contributed by atoms with van der Waals surface area (Å²) in [5, 5.41) is 0. The number of hydrogen-bond donors (Lipinski definition) is 2. The molecule has 0 aliphatic carbocycles. The van der Waals surface area contributed by atoms with Gasteiger partial charge in [-0.2, -0.15) is 0 Å². The Labute approximate surface area is 138 Å². The van der Waals surface area contributed by atoms with Gasteiger partial charge in [0.05, 0.1) is 11.1 Å². The summed E-state index contributed by atoms with van der Waals surface area (Å²) in [4.78, 5) is 22.7. The van der Waals surface area contributed by atoms with Crippen molar-refractivity contribution in [2.45, 2.75) is 24.8 Å². The number of H-pyrrole nitrogens is 1. The summed E-state index contributed by atoms with van der Waals surface area (Å²) >= 11 is 0. The fraction of sp³-hybridized carbons (Fsp3) is 0.267. The number of aryl methyl sites for hydroxylation is 1. The maximum Gasteiger partial charge on any atom is 0.327 e. The van der Waals surface area contributed by atoms with Crippen LogP contribution >= 0.6 is 0 Å². The highest BCUT2D eigenvalue weighted by atomic mass is 32.2. The predicted molar refractivity (Wildman–Crippen MR) is 89.2 cm³/mol. The minimum absolute atomic E-state index is 0.0806. The fourth-order valence-corrected chi connectivity index (χ4v) is 3.87. The van der Waals surface area contributed by atoms with Crippen LogP contribution < -0.4 is 10.4 Å². The zero-order valence-electron chi connectivity index (χ0n) is 13.1. The van der Waals surface area contributed by atoms with Crippen LogP contribution in [0.25, 0.3) is 11.2 Å². The number of aromatic amines is 1. The van der Waals surface area contributed by atoms with Crippen LogP contribution in [0, 0.1) is 0 Å². The highest BCUT2D eigenvalue weighted by molar-refractivity contribution is 7.89. The van der Waals surface area contributed by atoms with Crippen LogP contribution in [0.2, 0.25) is 0 Å². The summed E-state index contributed by atoms with van der Waals surface area (Å²) in [6.45, 7) is 2.15. The molecule has 2 N–H and O–H groups in total. The largest absolute Gasteiger partial charge is 0.327 e. The van der Waals surface area contributed by atoms with E-state index in [2.05, 4.69) is 19.7 Å². The number of fused-ring (bicyclic) bond motifs is 1. The van der Waals surface area contributed by atoms with Gasteiger partial charge in [-0.1, -0.05) is 25.1 Å². The lowest BCUT2D eigenvalue weighted by molar-refractivity contribution is 0.571. The normalized spacial score (nSPS) is 11.9. The van der Waals surface area contributed by atoms with E-state index in [1.54, 1.807) is 18.2 Å². The van der Waals surface area contributed by atoms with Gasteiger partial charge in [0.2, 0.25) is 10.0 Å². The topological polar surface area (TPSA) is 110 Å². The predicted octanol–water partition coefficient (Wildman–Crippen LogP) is 0.660. The van der Waals surface area contributed by atoms with Crippen molar-refractivity contribution < 1.29 is 8.42 Å². The van der Waals surface area contributed by atoms with E-state index in [4.69, 9.17) is 0 Å². The average molecular weight is 347 g/mol. The minimum Gasteiger partial charge on any atom is -0.303 e. The number of aromatic nitrogens is 4. The molecule has 126 valence electrons. The molecule has 3 rings (SSSR count). The first-order chi connectivity index (χ1) is 11.5. The molecule has 1 aromatic carbocycles. The van der Waals surface area contributed by atoms with Crippen molar-refractivity contribution in [1.29, 1.82) is 0 Å². The Bertz CT molecular complexity index is 1020. The maximum absolute atomic E-state index is 12.5. The standard InChI is InChI=1S/C15H17N5O3S/c1-2-11-5-3-4-6-13(11)24(22,23)18-7-8-20-14-12(19-15(20)21)9-16-10-17-14/h3-6,9-10,18H,2,7-8H2,1H3,(H,19,21). The third-order valence-electron chi connectivity index (χ3n) is 3.70. The molecule has 0 radical (unpaired) electrons. The van der Waals surface area contributed by atoms with Crippen molar-refractivity contribution in [1.82, 2.24) is 24.2 Å². The first-order valence-corrected chi connectivity index (χ1v) is 8.97. The second-order valence-corrected chi connectivity index (χ2v) is 6.94. The third kappa shape index (κ3) is 3.08. The molecule has 0 bridgehead atoms. The lowest BCUT2D eigenvalue weighted by Gasteiger charge is -2.10. The van der Waals surface area contributed by atoms with E-state index in [0.717, 1.165) is 5.56 Å². The highest BCUT2D eigenvalue weighted by Gasteiger charge is 2.17. The van der Waals surface area contributed by atoms with E-state index in [-0.39, 0.29) is 23.7 Å². The molecule has 8 nitrogen and oxygen atoms in total. The molecule has 0 aliphatic heterocycles. The van der Waals surface area contributed by atoms with Gasteiger partial charge in [0.25, 0.3) is 0 Å². The molecule has 0 aliphatic rings. The van der Waals surface area contributed by atoms with Gasteiger partial charge in [-0.15, -0.1) is 0 Å². The van der Waals surface area contributed by atoms with Crippen LogP contribution in [-0.4, -0.2) is 34.5 Å². The van der Waals surface area contributed by atoms with Crippen LogP contribution in [0.1, 0.15) is 12.5 Å². The Kier molecular flexibility index (Phi) is 4.45. The van der Waals surface area contributed by atoms with Gasteiger partial charge in [0.1, 0.15) is 11.8 Å². The summed E-state index contributed by atoms with van der Waals surface area (Å²) in [5.41, 5.74) is 1.37. The number of nitrogens with one attached hydrogen (secondary N) is 2. The molecule has 0 unspecified atom stereocenters. The summed E-state index contributed by atoms with van der Waals surface area (Å²) in [6.07, 6.45) is 3.46. The van der Waals surface area contributed by atoms with Gasteiger partial charge < -0.3 is 4.98 Å². The molecule has 24 heavy (non-hydrogen) atoms. The molecular weight excluding hydrogens is 330 g/mol. The Morgan fingerprint density at radius 2 is 2.08 bits per heavy atom. The zero-order valence-corrected chi connectivity index (χ0v) is 13.9. The van der Waals surface area contributed by atoms with E-state index in [9.17, 15) is 13.2 Å². The Morgan fingerprint density at radius 3 is 2.88 bits per heavy atom. The number of sulfonamides is 1. The average Bonchev–Trinajstić information content (AvgIpc) is 2.90. The first-order valence-electron chi connectivity index (χ1n) is 7.49. The van der Waals surface area contributed by atoms with Crippen molar-refractivity contribution in [2.24, 2.45) is 0 Å². The van der Waals surface area contributed by atoms with E-state index in [1.165, 1.54) is 17.1 Å². The van der Waals surface area contributed by atoms with E-state index in [0.29, 0.717) is 17.6 Å². The molecule has 0 amide bonds. The Hall–Kier alpha value is -2.52. The zero-order chi connectivity index (χ0) is 17.2. The monoisotopic (exact) mass is 347 g/mol. The molecule has 0 atom stereocenters. The number of imidazole rings is 1. The smallest absolute Gasteiger partial charge is 0.303 e.